The molecule has 0 amide bonds. The van der Waals surface area contributed by atoms with Crippen LogP contribution in [0.15, 0.2) is 12.4 Å². The molecule has 15 heavy (non-hydrogen) atoms. The molecular formula is C10H17Cl2N3. The van der Waals surface area contributed by atoms with Gasteiger partial charge in [0, 0.05) is 30.5 Å². The molecular weight excluding hydrogens is 233 g/mol. The van der Waals surface area contributed by atoms with Crippen LogP contribution < -0.4 is 5.32 Å². The quantitative estimate of drug-likeness (QED) is 0.780. The van der Waals surface area contributed by atoms with Crippen molar-refractivity contribution in [1.82, 2.24) is 15.1 Å². The van der Waals surface area contributed by atoms with Gasteiger partial charge in [-0.05, 0) is 25.5 Å². The zero-order chi connectivity index (χ0) is 11.3. The lowest BCUT2D eigenvalue weighted by atomic mass is 10.1. The van der Waals surface area contributed by atoms with Crippen molar-refractivity contribution in [2.75, 3.05) is 18.3 Å². The van der Waals surface area contributed by atoms with Crippen molar-refractivity contribution in [3.05, 3.63) is 18.0 Å². The van der Waals surface area contributed by atoms with Crippen LogP contribution in [0.2, 0.25) is 0 Å². The molecule has 0 fully saturated rings. The summed E-state index contributed by atoms with van der Waals surface area (Å²) in [5.74, 6) is 1.03. The second-order valence-corrected chi connectivity index (χ2v) is 4.56. The van der Waals surface area contributed by atoms with Crippen molar-refractivity contribution in [3.63, 3.8) is 0 Å². The second kappa shape index (κ2) is 5.73. The van der Waals surface area contributed by atoms with Crippen molar-refractivity contribution in [1.29, 1.82) is 0 Å². The molecule has 0 unspecified atom stereocenters. The molecule has 0 saturated carbocycles. The number of nitrogens with one attached hydrogen (secondary N) is 1. The van der Waals surface area contributed by atoms with Crippen molar-refractivity contribution >= 4 is 23.2 Å². The summed E-state index contributed by atoms with van der Waals surface area (Å²) in [6.07, 6.45) is 4.83. The van der Waals surface area contributed by atoms with E-state index in [1.54, 1.807) is 4.68 Å². The number of alkyl halides is 2. The highest BCUT2D eigenvalue weighted by Crippen LogP contribution is 2.08. The monoisotopic (exact) mass is 249 g/mol. The van der Waals surface area contributed by atoms with Crippen LogP contribution in [-0.4, -0.2) is 33.6 Å². The lowest BCUT2D eigenvalue weighted by molar-refractivity contribution is 0.440. The summed E-state index contributed by atoms with van der Waals surface area (Å²) < 4.78 is 1.80. The Balaban J connectivity index is 2.32. The van der Waals surface area contributed by atoms with E-state index in [1.165, 1.54) is 5.56 Å². The van der Waals surface area contributed by atoms with Crippen molar-refractivity contribution in [2.45, 2.75) is 18.9 Å². The number of rotatable bonds is 6. The van der Waals surface area contributed by atoms with Crippen LogP contribution in [0, 0.1) is 0 Å². The highest BCUT2D eigenvalue weighted by molar-refractivity contribution is 6.22. The fourth-order valence-corrected chi connectivity index (χ4v) is 1.71. The number of aryl methyl sites for hydroxylation is 1. The summed E-state index contributed by atoms with van der Waals surface area (Å²) >= 11 is 11.7. The maximum atomic E-state index is 5.83. The Morgan fingerprint density at radius 1 is 1.47 bits per heavy atom. The molecule has 1 aromatic rings. The highest BCUT2D eigenvalue weighted by Gasteiger charge is 2.20. The van der Waals surface area contributed by atoms with Crippen LogP contribution in [0.1, 0.15) is 12.5 Å². The summed E-state index contributed by atoms with van der Waals surface area (Å²) in [6, 6.07) is 0. The molecule has 1 N–H and O–H groups in total. The number of aromatic nitrogens is 2. The maximum Gasteiger partial charge on any atom is 0.0522 e. The van der Waals surface area contributed by atoms with Gasteiger partial charge in [0.2, 0.25) is 0 Å². The predicted molar refractivity (Wildman–Crippen MR) is 64.8 cm³/mol. The number of hydrogen-bond donors (Lipinski definition) is 1. The zero-order valence-corrected chi connectivity index (χ0v) is 10.6. The second-order valence-electron chi connectivity index (χ2n) is 4.03. The van der Waals surface area contributed by atoms with Gasteiger partial charge in [-0.15, -0.1) is 23.2 Å². The van der Waals surface area contributed by atoms with Gasteiger partial charge >= 0.3 is 0 Å². The van der Waals surface area contributed by atoms with E-state index in [-0.39, 0.29) is 5.54 Å². The van der Waals surface area contributed by atoms with Gasteiger partial charge < -0.3 is 5.32 Å². The molecule has 86 valence electrons. The average molecular weight is 250 g/mol. The molecule has 1 rings (SSSR count). The van der Waals surface area contributed by atoms with Gasteiger partial charge in [0.05, 0.1) is 6.20 Å². The van der Waals surface area contributed by atoms with Crippen LogP contribution in [0.25, 0.3) is 0 Å². The van der Waals surface area contributed by atoms with Crippen LogP contribution in [-0.2, 0) is 13.5 Å². The largest absolute Gasteiger partial charge is 0.309 e. The molecule has 0 spiro atoms. The molecule has 1 heterocycles. The summed E-state index contributed by atoms with van der Waals surface area (Å²) in [5.41, 5.74) is 1.04. The summed E-state index contributed by atoms with van der Waals surface area (Å²) in [4.78, 5) is 0. The maximum absolute atomic E-state index is 5.83. The third kappa shape index (κ3) is 4.01. The third-order valence-electron chi connectivity index (χ3n) is 2.31. The van der Waals surface area contributed by atoms with Gasteiger partial charge in [0.15, 0.2) is 0 Å². The Hall–Kier alpha value is -0.250. The van der Waals surface area contributed by atoms with Crippen molar-refractivity contribution < 1.29 is 0 Å². The molecule has 0 aromatic carbocycles. The number of nitrogens with zero attached hydrogens (tertiary/aromatic N) is 2. The van der Waals surface area contributed by atoms with Crippen LogP contribution >= 0.6 is 23.2 Å². The van der Waals surface area contributed by atoms with Crippen LogP contribution in [0.5, 0.6) is 0 Å². The van der Waals surface area contributed by atoms with E-state index in [0.717, 1.165) is 13.0 Å². The Labute approximate surface area is 101 Å². The standard InChI is InChI=1S/C10H17Cl2N3/c1-10(7-11,8-12)13-4-3-9-5-14-15(2)6-9/h5-6,13H,3-4,7-8H2,1-2H3. The minimum atomic E-state index is -0.175. The first kappa shape index (κ1) is 12.8. The number of hydrogen-bond acceptors (Lipinski definition) is 2. The SMILES string of the molecule is Cn1cc(CCNC(C)(CCl)CCl)cn1. The highest BCUT2D eigenvalue weighted by atomic mass is 35.5. The Morgan fingerprint density at radius 3 is 2.60 bits per heavy atom. The van der Waals surface area contributed by atoms with E-state index in [2.05, 4.69) is 10.4 Å². The Bertz CT molecular complexity index is 295. The Kier molecular flexibility index (Phi) is 4.90. The lowest BCUT2D eigenvalue weighted by Crippen LogP contribution is -2.46. The van der Waals surface area contributed by atoms with Gasteiger partial charge in [-0.25, -0.2) is 0 Å². The van der Waals surface area contributed by atoms with E-state index in [9.17, 15) is 0 Å². The fourth-order valence-electron chi connectivity index (χ4n) is 1.24. The van der Waals surface area contributed by atoms with Crippen molar-refractivity contribution in [2.24, 2.45) is 7.05 Å². The molecule has 0 aliphatic carbocycles. The topological polar surface area (TPSA) is 29.9 Å². The normalized spacial score (nSPS) is 12.0. The van der Waals surface area contributed by atoms with Crippen molar-refractivity contribution in [3.8, 4) is 0 Å². The first-order chi connectivity index (χ1) is 7.09. The van der Waals surface area contributed by atoms with Gasteiger partial charge in [-0.1, -0.05) is 0 Å². The van der Waals surface area contributed by atoms with E-state index < -0.39 is 0 Å². The lowest BCUT2D eigenvalue weighted by Gasteiger charge is -2.25. The molecule has 0 aliphatic rings. The van der Waals surface area contributed by atoms with E-state index >= 15 is 0 Å². The molecule has 0 bridgehead atoms. The molecule has 1 aromatic heterocycles. The molecule has 0 aliphatic heterocycles. The zero-order valence-electron chi connectivity index (χ0n) is 9.13. The predicted octanol–water partition coefficient (Wildman–Crippen LogP) is 1.79. The minimum Gasteiger partial charge on any atom is -0.309 e. The summed E-state index contributed by atoms with van der Waals surface area (Å²) in [7, 11) is 1.92. The van der Waals surface area contributed by atoms with E-state index in [4.69, 9.17) is 23.2 Å². The molecule has 0 saturated heterocycles. The smallest absolute Gasteiger partial charge is 0.0522 e. The first-order valence-electron chi connectivity index (χ1n) is 4.94. The van der Waals surface area contributed by atoms with Crippen LogP contribution in [0.3, 0.4) is 0 Å². The van der Waals surface area contributed by atoms with Gasteiger partial charge in [0.25, 0.3) is 0 Å². The number of halogens is 2. The van der Waals surface area contributed by atoms with Gasteiger partial charge in [-0.2, -0.15) is 5.10 Å². The molecule has 5 heteroatoms. The average Bonchev–Trinajstić information content (AvgIpc) is 2.64. The molecule has 0 atom stereocenters. The first-order valence-corrected chi connectivity index (χ1v) is 6.01. The van der Waals surface area contributed by atoms with E-state index in [1.807, 2.05) is 26.4 Å². The fraction of sp³-hybridized carbons (Fsp3) is 0.700. The minimum absolute atomic E-state index is 0.175. The summed E-state index contributed by atoms with van der Waals surface area (Å²) in [6.45, 7) is 2.89. The Morgan fingerprint density at radius 2 is 2.13 bits per heavy atom. The van der Waals surface area contributed by atoms with Gasteiger partial charge in [0.1, 0.15) is 0 Å². The van der Waals surface area contributed by atoms with Crippen LogP contribution in [0.4, 0.5) is 0 Å². The van der Waals surface area contributed by atoms with E-state index in [0.29, 0.717) is 11.8 Å². The van der Waals surface area contributed by atoms with Gasteiger partial charge in [-0.3, -0.25) is 4.68 Å². The third-order valence-corrected chi connectivity index (χ3v) is 3.49. The molecule has 3 nitrogen and oxygen atoms in total. The summed E-state index contributed by atoms with van der Waals surface area (Å²) in [5, 5.41) is 7.46. The molecule has 0 radical (unpaired) electrons.